The van der Waals surface area contributed by atoms with Gasteiger partial charge in [-0.3, -0.25) is 9.59 Å². The highest BCUT2D eigenvalue weighted by Gasteiger charge is 2.22. The summed E-state index contributed by atoms with van der Waals surface area (Å²) in [5.74, 6) is -2.27. The van der Waals surface area contributed by atoms with Gasteiger partial charge in [0, 0.05) is 18.8 Å². The van der Waals surface area contributed by atoms with Crippen molar-refractivity contribution in [3.8, 4) is 0 Å². The van der Waals surface area contributed by atoms with Gasteiger partial charge < -0.3 is 9.88 Å². The summed E-state index contributed by atoms with van der Waals surface area (Å²) in [4.78, 5) is 24.5. The number of hydrogen-bond donors (Lipinski definition) is 1. The zero-order chi connectivity index (χ0) is 23.0. The molecule has 1 amide bonds. The maximum atomic E-state index is 13.4. The van der Waals surface area contributed by atoms with E-state index < -0.39 is 11.6 Å². The van der Waals surface area contributed by atoms with E-state index in [1.54, 1.807) is 6.07 Å². The fraction of sp³-hybridized carbons (Fsp3) is 0.280. The van der Waals surface area contributed by atoms with Gasteiger partial charge in [0.25, 0.3) is 5.91 Å². The Labute approximate surface area is 181 Å². The number of halogens is 2. The third-order valence-corrected chi connectivity index (χ3v) is 4.70. The first-order valence-electron chi connectivity index (χ1n) is 10.4. The van der Waals surface area contributed by atoms with E-state index in [0.717, 1.165) is 29.7 Å². The van der Waals surface area contributed by atoms with Crippen molar-refractivity contribution in [2.45, 2.75) is 46.7 Å². The monoisotopic (exact) mass is 426 g/mol. The quantitative estimate of drug-likeness (QED) is 0.492. The lowest BCUT2D eigenvalue weighted by molar-refractivity contribution is 0.0949. The van der Waals surface area contributed by atoms with Crippen molar-refractivity contribution >= 4 is 12.2 Å². The van der Waals surface area contributed by atoms with Crippen LogP contribution in [0.4, 0.5) is 8.78 Å². The van der Waals surface area contributed by atoms with E-state index in [9.17, 15) is 18.4 Å². The van der Waals surface area contributed by atoms with Crippen LogP contribution in [0.5, 0.6) is 0 Å². The summed E-state index contributed by atoms with van der Waals surface area (Å²) < 4.78 is 28.3. The molecule has 1 heterocycles. The Morgan fingerprint density at radius 1 is 1.00 bits per heavy atom. The van der Waals surface area contributed by atoms with Crippen molar-refractivity contribution in [3.05, 3.63) is 94.3 Å². The molecule has 3 rings (SSSR count). The van der Waals surface area contributed by atoms with Crippen LogP contribution in [0.3, 0.4) is 0 Å². The Balaban J connectivity index is 0.00000166. The molecule has 0 aliphatic rings. The molecule has 0 aliphatic carbocycles. The molecule has 4 nitrogen and oxygen atoms in total. The normalized spacial score (nSPS) is 10.4. The maximum Gasteiger partial charge on any atom is 0.253 e. The molecular formula is C25H28F2N2O2. The third kappa shape index (κ3) is 5.87. The van der Waals surface area contributed by atoms with Crippen LogP contribution in [0.25, 0.3) is 0 Å². The Kier molecular flexibility index (Phi) is 8.67. The minimum atomic E-state index is -0.961. The molecule has 1 aromatic heterocycles. The van der Waals surface area contributed by atoms with Crippen molar-refractivity contribution in [1.82, 2.24) is 9.88 Å². The highest BCUT2D eigenvalue weighted by molar-refractivity contribution is 5.97. The van der Waals surface area contributed by atoms with Crippen molar-refractivity contribution in [2.75, 3.05) is 0 Å². The summed E-state index contributed by atoms with van der Waals surface area (Å²) in [6.07, 6.45) is 0.737. The fourth-order valence-electron chi connectivity index (χ4n) is 3.36. The van der Waals surface area contributed by atoms with Gasteiger partial charge in [0.05, 0.1) is 11.3 Å². The van der Waals surface area contributed by atoms with Crippen LogP contribution in [0.1, 0.15) is 71.3 Å². The SMILES string of the molecule is CC.CC(C)c1c(C(=O)NCc2ccc(F)c(F)c2)cc(C=O)n1Cc1ccccc1. The molecular weight excluding hydrogens is 398 g/mol. The van der Waals surface area contributed by atoms with Crippen molar-refractivity contribution in [2.24, 2.45) is 0 Å². The number of amides is 1. The number of aromatic nitrogens is 1. The molecule has 0 fully saturated rings. The van der Waals surface area contributed by atoms with Crippen LogP contribution in [0.2, 0.25) is 0 Å². The average molecular weight is 427 g/mol. The number of carbonyl (C=O) groups excluding carboxylic acids is 2. The van der Waals surface area contributed by atoms with E-state index in [-0.39, 0.29) is 18.4 Å². The van der Waals surface area contributed by atoms with E-state index in [2.05, 4.69) is 5.32 Å². The largest absolute Gasteiger partial charge is 0.348 e. The summed E-state index contributed by atoms with van der Waals surface area (Å²) in [6, 6.07) is 14.7. The smallest absolute Gasteiger partial charge is 0.253 e. The van der Waals surface area contributed by atoms with Gasteiger partial charge in [0.15, 0.2) is 17.9 Å². The summed E-state index contributed by atoms with van der Waals surface area (Å²) >= 11 is 0. The zero-order valence-corrected chi connectivity index (χ0v) is 18.3. The van der Waals surface area contributed by atoms with E-state index >= 15 is 0 Å². The Bertz CT molecular complexity index is 1030. The molecule has 2 aromatic carbocycles. The molecule has 1 N–H and O–H groups in total. The molecule has 3 aromatic rings. The molecule has 0 bridgehead atoms. The van der Waals surface area contributed by atoms with E-state index in [1.165, 1.54) is 6.07 Å². The lowest BCUT2D eigenvalue weighted by Crippen LogP contribution is -2.24. The topological polar surface area (TPSA) is 51.1 Å². The highest BCUT2D eigenvalue weighted by Crippen LogP contribution is 2.25. The number of nitrogens with zero attached hydrogens (tertiary/aromatic N) is 1. The summed E-state index contributed by atoms with van der Waals surface area (Å²) in [5.41, 5.74) is 3.03. The molecule has 0 aliphatic heterocycles. The first-order valence-corrected chi connectivity index (χ1v) is 10.4. The van der Waals surface area contributed by atoms with E-state index in [1.807, 2.05) is 62.6 Å². The number of hydrogen-bond acceptors (Lipinski definition) is 2. The summed E-state index contributed by atoms with van der Waals surface area (Å²) in [6.45, 7) is 8.43. The van der Waals surface area contributed by atoms with Gasteiger partial charge in [-0.2, -0.15) is 0 Å². The van der Waals surface area contributed by atoms with Gasteiger partial charge in [-0.25, -0.2) is 8.78 Å². The molecule has 0 radical (unpaired) electrons. The lowest BCUT2D eigenvalue weighted by atomic mass is 10.0. The van der Waals surface area contributed by atoms with E-state index in [0.29, 0.717) is 23.4 Å². The molecule has 31 heavy (non-hydrogen) atoms. The first kappa shape index (κ1) is 24.0. The second-order valence-electron chi connectivity index (χ2n) is 7.14. The van der Waals surface area contributed by atoms with Crippen LogP contribution in [-0.4, -0.2) is 16.8 Å². The third-order valence-electron chi connectivity index (χ3n) is 4.70. The zero-order valence-electron chi connectivity index (χ0n) is 18.3. The second-order valence-corrected chi connectivity index (χ2v) is 7.14. The number of aldehydes is 1. The fourth-order valence-corrected chi connectivity index (χ4v) is 3.36. The molecule has 164 valence electrons. The molecule has 0 spiro atoms. The standard InChI is InChI=1S/C23H22F2N2O2.C2H6/c1-15(2)22-19(23(29)26-12-17-8-9-20(24)21(25)10-17)11-18(14-28)27(22)13-16-6-4-3-5-7-16;1-2/h3-11,14-15H,12-13H2,1-2H3,(H,26,29);1-2H3. The highest BCUT2D eigenvalue weighted by atomic mass is 19.2. The van der Waals surface area contributed by atoms with Crippen LogP contribution in [-0.2, 0) is 13.1 Å². The molecule has 0 saturated heterocycles. The van der Waals surface area contributed by atoms with Gasteiger partial charge in [-0.05, 0) is 35.2 Å². The van der Waals surface area contributed by atoms with Crippen LogP contribution in [0, 0.1) is 11.6 Å². The van der Waals surface area contributed by atoms with Gasteiger partial charge >= 0.3 is 0 Å². The van der Waals surface area contributed by atoms with Crippen molar-refractivity contribution in [1.29, 1.82) is 0 Å². The van der Waals surface area contributed by atoms with Gasteiger partial charge in [-0.1, -0.05) is 64.1 Å². The lowest BCUT2D eigenvalue weighted by Gasteiger charge is -2.16. The Morgan fingerprint density at radius 2 is 1.68 bits per heavy atom. The molecule has 6 heteroatoms. The minimum absolute atomic E-state index is 0.00331. The molecule has 0 unspecified atom stereocenters. The number of carbonyl (C=O) groups is 2. The summed E-state index contributed by atoms with van der Waals surface area (Å²) in [5, 5.41) is 2.73. The Morgan fingerprint density at radius 3 is 2.26 bits per heavy atom. The summed E-state index contributed by atoms with van der Waals surface area (Å²) in [7, 11) is 0. The minimum Gasteiger partial charge on any atom is -0.348 e. The van der Waals surface area contributed by atoms with Crippen LogP contribution < -0.4 is 5.32 Å². The first-order chi connectivity index (χ1) is 14.9. The van der Waals surface area contributed by atoms with Gasteiger partial charge in [0.2, 0.25) is 0 Å². The van der Waals surface area contributed by atoms with Crippen molar-refractivity contribution < 1.29 is 18.4 Å². The Hall–Kier alpha value is -3.28. The van der Waals surface area contributed by atoms with Gasteiger partial charge in [-0.15, -0.1) is 0 Å². The predicted molar refractivity (Wildman–Crippen MR) is 118 cm³/mol. The van der Waals surface area contributed by atoms with E-state index in [4.69, 9.17) is 0 Å². The van der Waals surface area contributed by atoms with Crippen LogP contribution in [0.15, 0.2) is 54.6 Å². The van der Waals surface area contributed by atoms with Crippen LogP contribution >= 0.6 is 0 Å². The molecule has 0 atom stereocenters. The number of nitrogens with one attached hydrogen (secondary N) is 1. The molecule has 0 saturated carbocycles. The second kappa shape index (κ2) is 11.2. The van der Waals surface area contributed by atoms with Gasteiger partial charge in [0.1, 0.15) is 0 Å². The number of rotatable bonds is 7. The predicted octanol–water partition coefficient (Wildman–Crippen LogP) is 5.71. The number of benzene rings is 2. The van der Waals surface area contributed by atoms with Crippen molar-refractivity contribution in [3.63, 3.8) is 0 Å². The maximum absolute atomic E-state index is 13.4. The average Bonchev–Trinajstić information content (AvgIpc) is 3.15.